The molecule has 0 aromatic heterocycles. The standard InChI is InChI=1S/C20H22N2O3/c1-15(17-7-8-17)21-22-20(23)14-25-19-11-9-18(10-12-19)24-13-16-5-3-2-4-6-16/h2-6,9-12,17H,7-8,13-14H2,1H3,(H,22,23)/b21-15-. The van der Waals surface area contributed by atoms with E-state index < -0.39 is 0 Å². The smallest absolute Gasteiger partial charge is 0.277 e. The van der Waals surface area contributed by atoms with Crippen LogP contribution >= 0.6 is 0 Å². The molecule has 1 fully saturated rings. The second-order valence-electron chi connectivity index (χ2n) is 6.10. The van der Waals surface area contributed by atoms with Gasteiger partial charge in [-0.1, -0.05) is 30.3 Å². The summed E-state index contributed by atoms with van der Waals surface area (Å²) in [6.07, 6.45) is 2.33. The molecule has 1 saturated carbocycles. The fourth-order valence-electron chi connectivity index (χ4n) is 2.30. The zero-order valence-electron chi connectivity index (χ0n) is 14.3. The number of benzene rings is 2. The Balaban J connectivity index is 1.41. The third-order valence-corrected chi connectivity index (χ3v) is 3.97. The fraction of sp³-hybridized carbons (Fsp3) is 0.300. The Morgan fingerprint density at radius 1 is 1.04 bits per heavy atom. The number of carbonyl (C=O) groups excluding carboxylic acids is 1. The van der Waals surface area contributed by atoms with Gasteiger partial charge in [-0.25, -0.2) is 5.43 Å². The zero-order chi connectivity index (χ0) is 17.5. The Labute approximate surface area is 147 Å². The summed E-state index contributed by atoms with van der Waals surface area (Å²) in [5.74, 6) is 1.66. The van der Waals surface area contributed by atoms with Crippen LogP contribution in [0.5, 0.6) is 11.5 Å². The van der Waals surface area contributed by atoms with E-state index in [1.54, 1.807) is 12.1 Å². The first-order valence-electron chi connectivity index (χ1n) is 8.43. The molecule has 0 heterocycles. The van der Waals surface area contributed by atoms with Gasteiger partial charge >= 0.3 is 0 Å². The van der Waals surface area contributed by atoms with Crippen LogP contribution in [0.4, 0.5) is 0 Å². The van der Waals surface area contributed by atoms with E-state index in [1.807, 2.05) is 49.4 Å². The number of nitrogens with zero attached hydrogens (tertiary/aromatic N) is 1. The number of amides is 1. The molecule has 1 N–H and O–H groups in total. The molecule has 0 spiro atoms. The second kappa shape index (κ2) is 8.33. The summed E-state index contributed by atoms with van der Waals surface area (Å²) in [5.41, 5.74) is 4.62. The van der Waals surface area contributed by atoms with Crippen LogP contribution in [0.1, 0.15) is 25.3 Å². The van der Waals surface area contributed by atoms with Gasteiger partial charge in [0.05, 0.1) is 0 Å². The second-order valence-corrected chi connectivity index (χ2v) is 6.10. The molecule has 5 heteroatoms. The highest BCUT2D eigenvalue weighted by molar-refractivity contribution is 5.88. The van der Waals surface area contributed by atoms with Crippen LogP contribution in [0, 0.1) is 5.92 Å². The van der Waals surface area contributed by atoms with Gasteiger partial charge in [-0.05, 0) is 55.5 Å². The quantitative estimate of drug-likeness (QED) is 0.591. The van der Waals surface area contributed by atoms with Crippen molar-refractivity contribution in [3.63, 3.8) is 0 Å². The minimum absolute atomic E-state index is 0.0638. The van der Waals surface area contributed by atoms with Crippen LogP contribution in [-0.2, 0) is 11.4 Å². The van der Waals surface area contributed by atoms with Gasteiger partial charge in [0.2, 0.25) is 0 Å². The fourth-order valence-corrected chi connectivity index (χ4v) is 2.30. The van der Waals surface area contributed by atoms with E-state index in [2.05, 4.69) is 10.5 Å². The van der Waals surface area contributed by atoms with Crippen LogP contribution < -0.4 is 14.9 Å². The monoisotopic (exact) mass is 338 g/mol. The third-order valence-electron chi connectivity index (χ3n) is 3.97. The summed E-state index contributed by atoms with van der Waals surface area (Å²) in [4.78, 5) is 11.7. The van der Waals surface area contributed by atoms with Crippen LogP contribution in [0.2, 0.25) is 0 Å². The van der Waals surface area contributed by atoms with E-state index in [0.717, 1.165) is 17.0 Å². The summed E-state index contributed by atoms with van der Waals surface area (Å²) >= 11 is 0. The first-order valence-corrected chi connectivity index (χ1v) is 8.43. The predicted molar refractivity (Wildman–Crippen MR) is 96.7 cm³/mol. The zero-order valence-corrected chi connectivity index (χ0v) is 14.3. The van der Waals surface area contributed by atoms with Crippen LogP contribution in [-0.4, -0.2) is 18.2 Å². The molecule has 5 nitrogen and oxygen atoms in total. The van der Waals surface area contributed by atoms with E-state index in [0.29, 0.717) is 18.3 Å². The van der Waals surface area contributed by atoms with Crippen molar-refractivity contribution >= 4 is 11.6 Å². The van der Waals surface area contributed by atoms with E-state index in [1.165, 1.54) is 12.8 Å². The largest absolute Gasteiger partial charge is 0.489 e. The number of hydrazone groups is 1. The summed E-state index contributed by atoms with van der Waals surface area (Å²) < 4.78 is 11.2. The van der Waals surface area contributed by atoms with E-state index in [-0.39, 0.29) is 12.5 Å². The summed E-state index contributed by atoms with van der Waals surface area (Å²) in [5, 5.41) is 4.08. The molecular formula is C20H22N2O3. The maximum Gasteiger partial charge on any atom is 0.277 e. The lowest BCUT2D eigenvalue weighted by Crippen LogP contribution is -2.25. The average molecular weight is 338 g/mol. The highest BCUT2D eigenvalue weighted by atomic mass is 16.5. The first kappa shape index (κ1) is 17.0. The molecular weight excluding hydrogens is 316 g/mol. The summed E-state index contributed by atoms with van der Waals surface area (Å²) in [7, 11) is 0. The van der Waals surface area contributed by atoms with Gasteiger partial charge in [0.1, 0.15) is 18.1 Å². The molecule has 1 amide bonds. The van der Waals surface area contributed by atoms with E-state index in [9.17, 15) is 4.79 Å². The normalized spacial score (nSPS) is 14.0. The number of rotatable bonds is 8. The average Bonchev–Trinajstić information content (AvgIpc) is 3.50. The molecule has 25 heavy (non-hydrogen) atoms. The van der Waals surface area contributed by atoms with Gasteiger partial charge in [-0.3, -0.25) is 4.79 Å². The number of hydrogen-bond donors (Lipinski definition) is 1. The molecule has 2 aromatic rings. The minimum Gasteiger partial charge on any atom is -0.489 e. The number of nitrogens with one attached hydrogen (secondary N) is 1. The van der Waals surface area contributed by atoms with Crippen molar-refractivity contribution in [2.75, 3.05) is 6.61 Å². The molecule has 0 atom stereocenters. The van der Waals surface area contributed by atoms with Gasteiger partial charge in [0.25, 0.3) is 5.91 Å². The maximum atomic E-state index is 11.7. The van der Waals surface area contributed by atoms with E-state index in [4.69, 9.17) is 9.47 Å². The first-order chi connectivity index (χ1) is 12.2. The Bertz CT molecular complexity index is 722. The van der Waals surface area contributed by atoms with Crippen molar-refractivity contribution in [2.45, 2.75) is 26.4 Å². The van der Waals surface area contributed by atoms with Gasteiger partial charge in [-0.15, -0.1) is 0 Å². The Hall–Kier alpha value is -2.82. The molecule has 0 bridgehead atoms. The highest BCUT2D eigenvalue weighted by Gasteiger charge is 2.24. The Kier molecular flexibility index (Phi) is 5.67. The lowest BCUT2D eigenvalue weighted by Gasteiger charge is -2.08. The van der Waals surface area contributed by atoms with Crippen molar-refractivity contribution in [2.24, 2.45) is 11.0 Å². The Morgan fingerprint density at radius 2 is 1.68 bits per heavy atom. The lowest BCUT2D eigenvalue weighted by atomic mass is 10.2. The van der Waals surface area contributed by atoms with Gasteiger partial charge < -0.3 is 9.47 Å². The minimum atomic E-state index is -0.260. The molecule has 130 valence electrons. The maximum absolute atomic E-state index is 11.7. The summed E-state index contributed by atoms with van der Waals surface area (Å²) in [6.45, 7) is 2.39. The lowest BCUT2D eigenvalue weighted by molar-refractivity contribution is -0.123. The molecule has 0 aliphatic heterocycles. The summed E-state index contributed by atoms with van der Waals surface area (Å²) in [6, 6.07) is 17.2. The van der Waals surface area contributed by atoms with Crippen molar-refractivity contribution in [1.29, 1.82) is 0 Å². The number of carbonyl (C=O) groups is 1. The van der Waals surface area contributed by atoms with Crippen molar-refractivity contribution in [3.8, 4) is 11.5 Å². The molecule has 2 aromatic carbocycles. The van der Waals surface area contributed by atoms with Crippen molar-refractivity contribution < 1.29 is 14.3 Å². The molecule has 1 aliphatic carbocycles. The molecule has 0 saturated heterocycles. The highest BCUT2D eigenvalue weighted by Crippen LogP contribution is 2.30. The molecule has 1 aliphatic rings. The van der Waals surface area contributed by atoms with Crippen molar-refractivity contribution in [3.05, 3.63) is 60.2 Å². The predicted octanol–water partition coefficient (Wildman–Crippen LogP) is 3.55. The Morgan fingerprint density at radius 3 is 2.32 bits per heavy atom. The van der Waals surface area contributed by atoms with E-state index >= 15 is 0 Å². The van der Waals surface area contributed by atoms with Gasteiger partial charge in [-0.2, -0.15) is 5.10 Å². The topological polar surface area (TPSA) is 59.9 Å². The SMILES string of the molecule is C/C(=N/NC(=O)COc1ccc(OCc2ccccc2)cc1)C1CC1. The van der Waals surface area contributed by atoms with Gasteiger partial charge in [0.15, 0.2) is 6.61 Å². The van der Waals surface area contributed by atoms with Gasteiger partial charge in [0, 0.05) is 5.71 Å². The van der Waals surface area contributed by atoms with Crippen LogP contribution in [0.3, 0.4) is 0 Å². The molecule has 0 radical (unpaired) electrons. The number of ether oxygens (including phenoxy) is 2. The van der Waals surface area contributed by atoms with Crippen molar-refractivity contribution in [1.82, 2.24) is 5.43 Å². The number of hydrogen-bond acceptors (Lipinski definition) is 4. The van der Waals surface area contributed by atoms with Crippen LogP contribution in [0.25, 0.3) is 0 Å². The molecule has 3 rings (SSSR count). The van der Waals surface area contributed by atoms with Crippen LogP contribution in [0.15, 0.2) is 59.7 Å². The third kappa shape index (κ3) is 5.64. The molecule has 0 unspecified atom stereocenters.